The van der Waals surface area contributed by atoms with Crippen LogP contribution in [0.5, 0.6) is 0 Å². The first-order chi connectivity index (χ1) is 7.33. The quantitative estimate of drug-likeness (QED) is 0.596. The number of hydrogen-bond acceptors (Lipinski definition) is 4. The van der Waals surface area contributed by atoms with Crippen LogP contribution in [0.1, 0.15) is 12.5 Å². The maximum absolute atomic E-state index is 10.9. The monoisotopic (exact) mass is 226 g/mol. The molecule has 1 aromatic rings. The van der Waals surface area contributed by atoms with E-state index in [1.54, 1.807) is 6.92 Å². The fourth-order valence-electron chi connectivity index (χ4n) is 0.954. The highest BCUT2D eigenvalue weighted by molar-refractivity contribution is 7.95. The van der Waals surface area contributed by atoms with E-state index in [0.717, 1.165) is 17.7 Å². The van der Waals surface area contributed by atoms with Crippen molar-refractivity contribution in [2.24, 2.45) is 0 Å². The SMILES string of the molecule is CCOC(=O)NSNCc1ccccc1. The van der Waals surface area contributed by atoms with E-state index in [1.807, 2.05) is 30.3 Å². The predicted molar refractivity (Wildman–Crippen MR) is 61.0 cm³/mol. The van der Waals surface area contributed by atoms with E-state index in [0.29, 0.717) is 13.2 Å². The van der Waals surface area contributed by atoms with Crippen molar-refractivity contribution in [1.82, 2.24) is 9.44 Å². The lowest BCUT2D eigenvalue weighted by atomic mass is 10.2. The van der Waals surface area contributed by atoms with Gasteiger partial charge in [0.15, 0.2) is 0 Å². The minimum atomic E-state index is -0.428. The number of nitrogens with one attached hydrogen (secondary N) is 2. The highest BCUT2D eigenvalue weighted by atomic mass is 32.2. The molecule has 0 aliphatic heterocycles. The van der Waals surface area contributed by atoms with Crippen LogP contribution in [0.15, 0.2) is 30.3 Å². The van der Waals surface area contributed by atoms with Crippen LogP contribution in [0.4, 0.5) is 4.79 Å². The van der Waals surface area contributed by atoms with E-state index in [4.69, 9.17) is 0 Å². The summed E-state index contributed by atoms with van der Waals surface area (Å²) in [5.41, 5.74) is 1.16. The fourth-order valence-corrected chi connectivity index (χ4v) is 1.41. The largest absolute Gasteiger partial charge is 0.449 e. The molecule has 15 heavy (non-hydrogen) atoms. The van der Waals surface area contributed by atoms with Gasteiger partial charge in [0.25, 0.3) is 0 Å². The van der Waals surface area contributed by atoms with Gasteiger partial charge in [-0.05, 0) is 12.5 Å². The van der Waals surface area contributed by atoms with E-state index in [-0.39, 0.29) is 0 Å². The third-order valence-corrected chi connectivity index (χ3v) is 2.16. The topological polar surface area (TPSA) is 50.4 Å². The van der Waals surface area contributed by atoms with Crippen molar-refractivity contribution >= 4 is 18.2 Å². The number of ether oxygens (including phenoxy) is 1. The Morgan fingerprint density at radius 3 is 2.80 bits per heavy atom. The third kappa shape index (κ3) is 5.29. The number of amides is 1. The molecule has 1 rings (SSSR count). The molecule has 1 aromatic carbocycles. The van der Waals surface area contributed by atoms with E-state index in [1.165, 1.54) is 0 Å². The molecule has 0 aromatic heterocycles. The van der Waals surface area contributed by atoms with Crippen molar-refractivity contribution in [2.75, 3.05) is 6.61 Å². The molecule has 2 N–H and O–H groups in total. The molecule has 0 heterocycles. The van der Waals surface area contributed by atoms with Crippen LogP contribution in [0.2, 0.25) is 0 Å². The van der Waals surface area contributed by atoms with Gasteiger partial charge in [0.1, 0.15) is 0 Å². The molecule has 0 aliphatic rings. The summed E-state index contributed by atoms with van der Waals surface area (Å²) >= 11 is 1.12. The second kappa shape index (κ2) is 7.14. The van der Waals surface area contributed by atoms with Crippen LogP contribution in [-0.2, 0) is 11.3 Å². The first-order valence-electron chi connectivity index (χ1n) is 4.68. The summed E-state index contributed by atoms with van der Waals surface area (Å²) in [6.45, 7) is 2.84. The van der Waals surface area contributed by atoms with Crippen molar-refractivity contribution in [3.63, 3.8) is 0 Å². The number of hydrogen-bond donors (Lipinski definition) is 2. The molecular formula is C10H14N2O2S. The second-order valence-electron chi connectivity index (χ2n) is 2.73. The van der Waals surface area contributed by atoms with E-state index in [9.17, 15) is 4.79 Å². The van der Waals surface area contributed by atoms with Gasteiger partial charge in [0, 0.05) is 18.7 Å². The zero-order valence-corrected chi connectivity index (χ0v) is 9.34. The van der Waals surface area contributed by atoms with E-state index >= 15 is 0 Å². The Balaban J connectivity index is 2.10. The van der Waals surface area contributed by atoms with Crippen molar-refractivity contribution in [1.29, 1.82) is 0 Å². The highest BCUT2D eigenvalue weighted by Gasteiger charge is 1.98. The Labute approximate surface area is 93.7 Å². The highest BCUT2D eigenvalue weighted by Crippen LogP contribution is 1.99. The number of carbonyl (C=O) groups excluding carboxylic acids is 1. The molecule has 4 nitrogen and oxygen atoms in total. The molecule has 0 saturated carbocycles. The zero-order valence-electron chi connectivity index (χ0n) is 8.53. The second-order valence-corrected chi connectivity index (χ2v) is 3.43. The minimum absolute atomic E-state index is 0.380. The normalized spacial score (nSPS) is 9.67. The third-order valence-electron chi connectivity index (χ3n) is 1.60. The van der Waals surface area contributed by atoms with Gasteiger partial charge in [-0.25, -0.2) is 9.52 Å². The summed E-state index contributed by atoms with van der Waals surface area (Å²) in [5.74, 6) is 0. The number of benzene rings is 1. The van der Waals surface area contributed by atoms with Crippen molar-refractivity contribution in [3.8, 4) is 0 Å². The average Bonchev–Trinajstić information content (AvgIpc) is 2.26. The number of carbonyl (C=O) groups is 1. The molecule has 0 saturated heterocycles. The standard InChI is InChI=1S/C10H14N2O2S/c1-2-14-10(13)12-15-11-8-9-6-4-3-5-7-9/h3-7,11H,2,8H2,1H3,(H,12,13). The van der Waals surface area contributed by atoms with Crippen LogP contribution in [-0.4, -0.2) is 12.7 Å². The van der Waals surface area contributed by atoms with Gasteiger partial charge in [-0.3, -0.25) is 4.72 Å². The maximum atomic E-state index is 10.9. The van der Waals surface area contributed by atoms with Crippen LogP contribution >= 0.6 is 12.1 Å². The Hall–Kier alpha value is -1.20. The molecule has 0 aliphatic carbocycles. The van der Waals surface area contributed by atoms with Gasteiger partial charge in [-0.2, -0.15) is 0 Å². The molecule has 0 bridgehead atoms. The summed E-state index contributed by atoms with van der Waals surface area (Å²) in [5, 5.41) is 0. The Morgan fingerprint density at radius 1 is 1.40 bits per heavy atom. The van der Waals surface area contributed by atoms with Crippen molar-refractivity contribution in [2.45, 2.75) is 13.5 Å². The van der Waals surface area contributed by atoms with Gasteiger partial charge < -0.3 is 4.74 Å². The molecule has 0 spiro atoms. The summed E-state index contributed by atoms with van der Waals surface area (Å²) in [6, 6.07) is 9.93. The molecule has 82 valence electrons. The molecule has 5 heteroatoms. The first kappa shape index (κ1) is 11.9. The summed E-state index contributed by atoms with van der Waals surface area (Å²) in [4.78, 5) is 10.9. The number of rotatable bonds is 5. The van der Waals surface area contributed by atoms with Gasteiger partial charge in [-0.1, -0.05) is 30.3 Å². The van der Waals surface area contributed by atoms with Crippen LogP contribution < -0.4 is 9.44 Å². The van der Waals surface area contributed by atoms with E-state index < -0.39 is 6.09 Å². The molecule has 0 fully saturated rings. The van der Waals surface area contributed by atoms with Crippen LogP contribution in [0, 0.1) is 0 Å². The van der Waals surface area contributed by atoms with Gasteiger partial charge >= 0.3 is 6.09 Å². The molecular weight excluding hydrogens is 212 g/mol. The lowest BCUT2D eigenvalue weighted by molar-refractivity contribution is 0.159. The van der Waals surface area contributed by atoms with Crippen LogP contribution in [0.25, 0.3) is 0 Å². The summed E-state index contributed by atoms with van der Waals surface area (Å²) in [6.07, 6.45) is -0.428. The Bertz CT molecular complexity index is 293. The zero-order chi connectivity index (χ0) is 10.9. The van der Waals surface area contributed by atoms with E-state index in [2.05, 4.69) is 14.2 Å². The van der Waals surface area contributed by atoms with Crippen molar-refractivity contribution in [3.05, 3.63) is 35.9 Å². The predicted octanol–water partition coefficient (Wildman–Crippen LogP) is 2.09. The molecule has 0 radical (unpaired) electrons. The fraction of sp³-hybridized carbons (Fsp3) is 0.300. The van der Waals surface area contributed by atoms with Gasteiger partial charge in [0.2, 0.25) is 0 Å². The average molecular weight is 226 g/mol. The lowest BCUT2D eigenvalue weighted by Crippen LogP contribution is -2.21. The molecule has 0 unspecified atom stereocenters. The first-order valence-corrected chi connectivity index (χ1v) is 5.50. The summed E-state index contributed by atoms with van der Waals surface area (Å²) < 4.78 is 10.2. The smallest absolute Gasteiger partial charge is 0.418 e. The Kier molecular flexibility index (Phi) is 5.65. The van der Waals surface area contributed by atoms with Gasteiger partial charge in [0.05, 0.1) is 6.61 Å². The summed E-state index contributed by atoms with van der Waals surface area (Å²) in [7, 11) is 0. The molecule has 1 amide bonds. The van der Waals surface area contributed by atoms with Crippen molar-refractivity contribution < 1.29 is 9.53 Å². The molecule has 0 atom stereocenters. The lowest BCUT2D eigenvalue weighted by Gasteiger charge is -2.05. The minimum Gasteiger partial charge on any atom is -0.449 e. The maximum Gasteiger partial charge on any atom is 0.418 e. The van der Waals surface area contributed by atoms with Gasteiger partial charge in [-0.15, -0.1) is 0 Å². The van der Waals surface area contributed by atoms with Crippen LogP contribution in [0.3, 0.4) is 0 Å². The Morgan fingerprint density at radius 2 is 2.13 bits per heavy atom.